The number of fused-ring (bicyclic) bond motifs is 1. The van der Waals surface area contributed by atoms with Crippen LogP contribution in [0, 0.1) is 23.0 Å². The van der Waals surface area contributed by atoms with Crippen LogP contribution < -0.4 is 0 Å². The summed E-state index contributed by atoms with van der Waals surface area (Å²) in [6.45, 7) is 0. The minimum absolute atomic E-state index is 0.0408. The molecule has 0 fully saturated rings. The molecule has 0 spiro atoms. The largest absolute Gasteiger partial charge is 0.464 e. The predicted octanol–water partition coefficient (Wildman–Crippen LogP) is 4.24. The molecule has 2 aromatic carbocycles. The van der Waals surface area contributed by atoms with Crippen molar-refractivity contribution >= 4 is 16.9 Å². The Kier molecular flexibility index (Phi) is 4.72. The lowest BCUT2D eigenvalue weighted by atomic mass is 10.1. The van der Waals surface area contributed by atoms with Gasteiger partial charge in [0.2, 0.25) is 0 Å². The van der Waals surface area contributed by atoms with Gasteiger partial charge in [-0.15, -0.1) is 0 Å². The van der Waals surface area contributed by atoms with Crippen LogP contribution in [0.5, 0.6) is 0 Å². The van der Waals surface area contributed by atoms with E-state index in [0.717, 1.165) is 11.5 Å². The molecule has 0 aliphatic carbocycles. The summed E-state index contributed by atoms with van der Waals surface area (Å²) in [5.41, 5.74) is 1.05. The van der Waals surface area contributed by atoms with Crippen molar-refractivity contribution in [3.8, 4) is 28.7 Å². The third kappa shape index (κ3) is 3.26. The fourth-order valence-electron chi connectivity index (χ4n) is 3.15. The standard InChI is InChI=1S/C22H14F2N4O2/c1-28-6-5-13-7-15(17(24)9-20(13)28)21-26-18(10-19(27-21)22(29)30-2)12-3-4-14(11-25)16(23)8-12/h3-10H,1-2H3. The Bertz CT molecular complexity index is 1360. The molecule has 4 aromatic rings. The van der Waals surface area contributed by atoms with E-state index in [1.54, 1.807) is 29.9 Å². The van der Waals surface area contributed by atoms with Crippen LogP contribution in [-0.2, 0) is 11.8 Å². The van der Waals surface area contributed by atoms with Gasteiger partial charge in [0.1, 0.15) is 17.7 Å². The lowest BCUT2D eigenvalue weighted by molar-refractivity contribution is 0.0594. The van der Waals surface area contributed by atoms with Crippen LogP contribution in [0.25, 0.3) is 33.5 Å². The molecule has 2 aromatic heterocycles. The molecule has 0 aliphatic rings. The number of nitrogens with zero attached hydrogens (tertiary/aromatic N) is 4. The fourth-order valence-corrected chi connectivity index (χ4v) is 3.15. The van der Waals surface area contributed by atoms with Crippen LogP contribution in [0.15, 0.2) is 48.7 Å². The number of esters is 1. The van der Waals surface area contributed by atoms with E-state index in [2.05, 4.69) is 9.97 Å². The highest BCUT2D eigenvalue weighted by Gasteiger charge is 2.18. The summed E-state index contributed by atoms with van der Waals surface area (Å²) in [4.78, 5) is 20.6. The average molecular weight is 404 g/mol. The number of halogens is 2. The molecular weight excluding hydrogens is 390 g/mol. The monoisotopic (exact) mass is 404 g/mol. The van der Waals surface area contributed by atoms with Crippen LogP contribution in [0.1, 0.15) is 16.1 Å². The zero-order valence-electron chi connectivity index (χ0n) is 16.0. The first-order valence-corrected chi connectivity index (χ1v) is 8.83. The molecule has 0 radical (unpaired) electrons. The van der Waals surface area contributed by atoms with Gasteiger partial charge in [0, 0.05) is 24.2 Å². The van der Waals surface area contributed by atoms with Gasteiger partial charge in [-0.25, -0.2) is 23.5 Å². The molecule has 0 amide bonds. The number of hydrogen-bond acceptors (Lipinski definition) is 5. The number of aromatic nitrogens is 3. The van der Waals surface area contributed by atoms with Crippen molar-refractivity contribution in [2.45, 2.75) is 0 Å². The number of methoxy groups -OCH3 is 1. The Balaban J connectivity index is 1.93. The maximum atomic E-state index is 14.9. The number of ether oxygens (including phenoxy) is 1. The highest BCUT2D eigenvalue weighted by Crippen LogP contribution is 2.29. The number of hydrogen-bond donors (Lipinski definition) is 0. The normalized spacial score (nSPS) is 10.8. The molecule has 0 saturated carbocycles. The number of benzene rings is 2. The van der Waals surface area contributed by atoms with E-state index in [9.17, 15) is 13.6 Å². The van der Waals surface area contributed by atoms with Crippen LogP contribution in [0.3, 0.4) is 0 Å². The molecule has 0 saturated heterocycles. The van der Waals surface area contributed by atoms with Crippen molar-refractivity contribution in [2.75, 3.05) is 7.11 Å². The highest BCUT2D eigenvalue weighted by molar-refractivity contribution is 5.90. The van der Waals surface area contributed by atoms with Crippen LogP contribution in [-0.4, -0.2) is 27.6 Å². The summed E-state index contributed by atoms with van der Waals surface area (Å²) in [6.07, 6.45) is 1.80. The summed E-state index contributed by atoms with van der Waals surface area (Å²) < 4.78 is 35.5. The topological polar surface area (TPSA) is 80.8 Å². The summed E-state index contributed by atoms with van der Waals surface area (Å²) in [5.74, 6) is -2.08. The predicted molar refractivity (Wildman–Crippen MR) is 105 cm³/mol. The molecule has 0 aliphatic heterocycles. The van der Waals surface area contributed by atoms with Gasteiger partial charge in [-0.2, -0.15) is 5.26 Å². The van der Waals surface area contributed by atoms with Gasteiger partial charge in [0.05, 0.1) is 29.4 Å². The lowest BCUT2D eigenvalue weighted by Gasteiger charge is -2.09. The summed E-state index contributed by atoms with van der Waals surface area (Å²) in [7, 11) is 3.00. The molecule has 4 rings (SSSR count). The molecular formula is C22H14F2N4O2. The third-order valence-corrected chi connectivity index (χ3v) is 4.72. The van der Waals surface area contributed by atoms with Gasteiger partial charge >= 0.3 is 5.97 Å². The van der Waals surface area contributed by atoms with Gasteiger partial charge in [0.15, 0.2) is 11.5 Å². The summed E-state index contributed by atoms with van der Waals surface area (Å²) in [6, 6.07) is 11.8. The molecule has 8 heteroatoms. The highest BCUT2D eigenvalue weighted by atomic mass is 19.1. The summed E-state index contributed by atoms with van der Waals surface area (Å²) in [5, 5.41) is 9.69. The van der Waals surface area contributed by atoms with Crippen molar-refractivity contribution in [3.63, 3.8) is 0 Å². The molecule has 0 atom stereocenters. The van der Waals surface area contributed by atoms with Gasteiger partial charge in [-0.05, 0) is 36.4 Å². The zero-order valence-corrected chi connectivity index (χ0v) is 16.0. The smallest absolute Gasteiger partial charge is 0.356 e. The molecule has 148 valence electrons. The van der Waals surface area contributed by atoms with Gasteiger partial charge in [0.25, 0.3) is 0 Å². The third-order valence-electron chi connectivity index (χ3n) is 4.72. The number of rotatable bonds is 3. The molecule has 0 unspecified atom stereocenters. The SMILES string of the molecule is COC(=O)c1cc(-c2ccc(C#N)c(F)c2)nc(-c2cc3ccn(C)c3cc2F)n1. The zero-order chi connectivity index (χ0) is 21.4. The first kappa shape index (κ1) is 19.2. The Hall–Kier alpha value is -4.12. The Morgan fingerprint density at radius 3 is 2.60 bits per heavy atom. The van der Waals surface area contributed by atoms with Gasteiger partial charge in [-0.1, -0.05) is 6.07 Å². The van der Waals surface area contributed by atoms with Gasteiger partial charge < -0.3 is 9.30 Å². The number of aryl methyl sites for hydroxylation is 1. The van der Waals surface area contributed by atoms with Crippen LogP contribution >= 0.6 is 0 Å². The Labute approximate surface area is 170 Å². The van der Waals surface area contributed by atoms with E-state index < -0.39 is 17.6 Å². The summed E-state index contributed by atoms with van der Waals surface area (Å²) >= 11 is 0. The lowest BCUT2D eigenvalue weighted by Crippen LogP contribution is -2.08. The minimum Gasteiger partial charge on any atom is -0.464 e. The fraction of sp³-hybridized carbons (Fsp3) is 0.0909. The number of carbonyl (C=O) groups excluding carboxylic acids is 1. The van der Waals surface area contributed by atoms with E-state index in [1.807, 2.05) is 6.07 Å². The Morgan fingerprint density at radius 2 is 1.90 bits per heavy atom. The van der Waals surface area contributed by atoms with E-state index in [-0.39, 0.29) is 28.3 Å². The molecule has 2 heterocycles. The van der Waals surface area contributed by atoms with E-state index in [4.69, 9.17) is 10.00 Å². The molecule has 0 N–H and O–H groups in total. The van der Waals surface area contributed by atoms with Crippen molar-refractivity contribution in [1.29, 1.82) is 5.26 Å². The van der Waals surface area contributed by atoms with Crippen molar-refractivity contribution < 1.29 is 18.3 Å². The maximum absolute atomic E-state index is 14.9. The van der Waals surface area contributed by atoms with E-state index in [1.165, 1.54) is 31.4 Å². The molecule has 30 heavy (non-hydrogen) atoms. The number of carbonyl (C=O) groups is 1. The number of nitriles is 1. The van der Waals surface area contributed by atoms with Crippen molar-refractivity contribution in [3.05, 3.63) is 71.6 Å². The van der Waals surface area contributed by atoms with Crippen LogP contribution in [0.2, 0.25) is 0 Å². The first-order valence-electron chi connectivity index (χ1n) is 8.83. The second-order valence-corrected chi connectivity index (χ2v) is 6.58. The second-order valence-electron chi connectivity index (χ2n) is 6.58. The van der Waals surface area contributed by atoms with E-state index >= 15 is 0 Å². The van der Waals surface area contributed by atoms with Crippen LogP contribution in [0.4, 0.5) is 8.78 Å². The van der Waals surface area contributed by atoms with Crippen molar-refractivity contribution in [1.82, 2.24) is 14.5 Å². The van der Waals surface area contributed by atoms with Gasteiger partial charge in [-0.3, -0.25) is 0 Å². The van der Waals surface area contributed by atoms with Crippen molar-refractivity contribution in [2.24, 2.45) is 7.05 Å². The second kappa shape index (κ2) is 7.37. The Morgan fingerprint density at radius 1 is 1.10 bits per heavy atom. The van der Waals surface area contributed by atoms with E-state index in [0.29, 0.717) is 11.1 Å². The minimum atomic E-state index is -0.741. The maximum Gasteiger partial charge on any atom is 0.356 e. The molecule has 6 nitrogen and oxygen atoms in total. The first-order chi connectivity index (χ1) is 14.4. The quantitative estimate of drug-likeness (QED) is 0.477. The average Bonchev–Trinajstić information content (AvgIpc) is 3.11. The molecule has 0 bridgehead atoms.